The summed E-state index contributed by atoms with van der Waals surface area (Å²) in [5.41, 5.74) is -0.704. The standard InChI is InChI=1S/C20H28N2O5S/c1-13-11-16(28-15-9-7-6-8-10-15)12-22(13,19(25)26)17(23)14(2)21-18(24)27-20(3,4)5/h6-10,13-14,16H,11-12H2,1-5H3,(H-,21,24,25,26)/p+1/t13?,14-,16-,22?/m0/s1. The third kappa shape index (κ3) is 5.05. The number of carbonyl (C=O) groups excluding carboxylic acids is 2. The molecule has 154 valence electrons. The number of likely N-dealkylation sites (tertiary alicyclic amines) is 1. The van der Waals surface area contributed by atoms with Crippen LogP contribution in [0, 0.1) is 0 Å². The van der Waals surface area contributed by atoms with Crippen molar-refractivity contribution in [2.75, 3.05) is 6.54 Å². The molecule has 0 spiro atoms. The molecule has 2 unspecified atom stereocenters. The van der Waals surface area contributed by atoms with Crippen molar-refractivity contribution >= 4 is 29.9 Å². The van der Waals surface area contributed by atoms with E-state index in [1.807, 2.05) is 30.3 Å². The number of alkyl carbamates (subject to hydrolysis) is 1. The number of amides is 3. The number of rotatable bonds is 4. The highest BCUT2D eigenvalue weighted by molar-refractivity contribution is 8.00. The van der Waals surface area contributed by atoms with Crippen molar-refractivity contribution in [3.63, 3.8) is 0 Å². The van der Waals surface area contributed by atoms with Gasteiger partial charge in [-0.15, -0.1) is 11.8 Å². The molecule has 8 heteroatoms. The van der Waals surface area contributed by atoms with Gasteiger partial charge in [-0.25, -0.2) is 9.59 Å². The van der Waals surface area contributed by atoms with Crippen molar-refractivity contribution in [1.29, 1.82) is 0 Å². The zero-order valence-electron chi connectivity index (χ0n) is 17.0. The van der Waals surface area contributed by atoms with E-state index >= 15 is 0 Å². The number of benzene rings is 1. The summed E-state index contributed by atoms with van der Waals surface area (Å²) in [6.45, 7) is 8.61. The summed E-state index contributed by atoms with van der Waals surface area (Å²) in [7, 11) is 0. The molecule has 1 heterocycles. The molecule has 1 fully saturated rings. The molecule has 1 aromatic rings. The van der Waals surface area contributed by atoms with Gasteiger partial charge in [0.2, 0.25) is 0 Å². The van der Waals surface area contributed by atoms with Crippen LogP contribution in [-0.2, 0) is 9.53 Å². The quantitative estimate of drug-likeness (QED) is 0.733. The van der Waals surface area contributed by atoms with Crippen molar-refractivity contribution in [1.82, 2.24) is 5.32 Å². The van der Waals surface area contributed by atoms with Gasteiger partial charge in [0.25, 0.3) is 0 Å². The summed E-state index contributed by atoms with van der Waals surface area (Å²) in [6, 6.07) is 8.35. The minimum absolute atomic E-state index is 0.00817. The van der Waals surface area contributed by atoms with Crippen LogP contribution in [0.15, 0.2) is 35.2 Å². The Morgan fingerprint density at radius 1 is 1.25 bits per heavy atom. The zero-order valence-corrected chi connectivity index (χ0v) is 17.8. The Morgan fingerprint density at radius 2 is 1.86 bits per heavy atom. The molecule has 0 aliphatic carbocycles. The Balaban J connectivity index is 2.14. The molecule has 4 atom stereocenters. The number of quaternary nitrogens is 1. The van der Waals surface area contributed by atoms with Crippen LogP contribution in [0.2, 0.25) is 0 Å². The highest BCUT2D eigenvalue weighted by atomic mass is 32.2. The van der Waals surface area contributed by atoms with Crippen LogP contribution in [0.5, 0.6) is 0 Å². The molecule has 1 saturated heterocycles. The number of carboxylic acid groups (broad SMARTS) is 1. The highest BCUT2D eigenvalue weighted by Crippen LogP contribution is 2.38. The summed E-state index contributed by atoms with van der Waals surface area (Å²) in [6.07, 6.45) is -1.33. The Kier molecular flexibility index (Phi) is 6.77. The second-order valence-corrected chi connectivity index (χ2v) is 9.55. The number of thioether (sulfide) groups is 1. The van der Waals surface area contributed by atoms with Crippen LogP contribution in [0.25, 0.3) is 0 Å². The molecule has 0 radical (unpaired) electrons. The Morgan fingerprint density at radius 3 is 2.39 bits per heavy atom. The number of imide groups is 1. The molecular formula is C20H29N2O5S+. The lowest BCUT2D eigenvalue weighted by molar-refractivity contribution is -0.792. The van der Waals surface area contributed by atoms with Crippen LogP contribution >= 0.6 is 11.8 Å². The number of carbonyl (C=O) groups is 3. The van der Waals surface area contributed by atoms with Crippen molar-refractivity contribution in [3.05, 3.63) is 30.3 Å². The van der Waals surface area contributed by atoms with E-state index in [1.54, 1.807) is 39.5 Å². The van der Waals surface area contributed by atoms with Crippen molar-refractivity contribution < 1.29 is 28.7 Å². The van der Waals surface area contributed by atoms with Crippen LogP contribution in [-0.4, -0.2) is 57.2 Å². The predicted molar refractivity (Wildman–Crippen MR) is 107 cm³/mol. The fourth-order valence-corrected chi connectivity index (χ4v) is 4.86. The summed E-state index contributed by atoms with van der Waals surface area (Å²) in [5, 5.41) is 12.4. The van der Waals surface area contributed by atoms with Gasteiger partial charge in [0.05, 0.1) is 5.25 Å². The minimum atomic E-state index is -1.19. The molecule has 2 N–H and O–H groups in total. The fourth-order valence-electron chi connectivity index (χ4n) is 3.47. The zero-order chi connectivity index (χ0) is 21.1. The lowest BCUT2D eigenvalue weighted by atomic mass is 10.2. The first-order valence-electron chi connectivity index (χ1n) is 9.32. The van der Waals surface area contributed by atoms with Crippen LogP contribution in [0.4, 0.5) is 9.59 Å². The smallest absolute Gasteiger partial charge is 0.444 e. The fraction of sp³-hybridized carbons (Fsp3) is 0.550. The average Bonchev–Trinajstić information content (AvgIpc) is 2.90. The van der Waals surface area contributed by atoms with Gasteiger partial charge in [-0.3, -0.25) is 0 Å². The van der Waals surface area contributed by atoms with Crippen LogP contribution < -0.4 is 5.32 Å². The molecular weight excluding hydrogens is 380 g/mol. The first kappa shape index (κ1) is 22.2. The molecule has 2 rings (SSSR count). The van der Waals surface area contributed by atoms with Gasteiger partial charge in [0.15, 0.2) is 0 Å². The van der Waals surface area contributed by atoms with E-state index in [2.05, 4.69) is 5.32 Å². The van der Waals surface area contributed by atoms with Gasteiger partial charge >= 0.3 is 18.1 Å². The van der Waals surface area contributed by atoms with Gasteiger partial charge in [0.1, 0.15) is 24.2 Å². The van der Waals surface area contributed by atoms with E-state index in [0.29, 0.717) is 6.42 Å². The summed E-state index contributed by atoms with van der Waals surface area (Å²) >= 11 is 1.58. The third-order valence-corrected chi connectivity index (χ3v) is 5.95. The van der Waals surface area contributed by atoms with Crippen LogP contribution in [0.3, 0.4) is 0 Å². The van der Waals surface area contributed by atoms with Gasteiger partial charge in [-0.05, 0) is 46.8 Å². The predicted octanol–water partition coefficient (Wildman–Crippen LogP) is 3.87. The molecule has 0 aromatic heterocycles. The summed E-state index contributed by atoms with van der Waals surface area (Å²) in [5.74, 6) is -0.540. The van der Waals surface area contributed by atoms with Crippen molar-refractivity contribution in [2.45, 2.75) is 68.9 Å². The number of ether oxygens (including phenoxy) is 1. The molecule has 3 amide bonds. The molecule has 1 aromatic carbocycles. The first-order valence-corrected chi connectivity index (χ1v) is 10.2. The molecule has 0 bridgehead atoms. The highest BCUT2D eigenvalue weighted by Gasteiger charge is 2.58. The van der Waals surface area contributed by atoms with E-state index in [-0.39, 0.29) is 11.8 Å². The SMILES string of the molecule is CC1C[C@H](Sc2ccccc2)C[N+]1(C(=O)O)C(=O)[C@H](C)NC(=O)OC(C)(C)C. The van der Waals surface area contributed by atoms with E-state index in [4.69, 9.17) is 4.74 Å². The van der Waals surface area contributed by atoms with E-state index in [0.717, 1.165) is 4.90 Å². The van der Waals surface area contributed by atoms with Crippen molar-refractivity contribution in [3.8, 4) is 0 Å². The Bertz CT molecular complexity index is 734. The maximum atomic E-state index is 13.1. The number of nitrogens with zero attached hydrogens (tertiary/aromatic N) is 1. The molecule has 1 aliphatic rings. The van der Waals surface area contributed by atoms with Crippen LogP contribution in [0.1, 0.15) is 41.0 Å². The first-order chi connectivity index (χ1) is 13.0. The lowest BCUT2D eigenvalue weighted by Crippen LogP contribution is -2.64. The maximum Gasteiger partial charge on any atom is 0.521 e. The Hall–Kier alpha value is -2.06. The summed E-state index contributed by atoms with van der Waals surface area (Å²) in [4.78, 5) is 38.4. The van der Waals surface area contributed by atoms with Crippen molar-refractivity contribution in [2.24, 2.45) is 0 Å². The van der Waals surface area contributed by atoms with E-state index in [1.165, 1.54) is 6.92 Å². The van der Waals surface area contributed by atoms with E-state index < -0.39 is 40.3 Å². The second kappa shape index (κ2) is 8.53. The van der Waals surface area contributed by atoms with Gasteiger partial charge < -0.3 is 15.2 Å². The molecule has 0 saturated carbocycles. The van der Waals surface area contributed by atoms with E-state index in [9.17, 15) is 19.5 Å². The maximum absolute atomic E-state index is 13.1. The van der Waals surface area contributed by atoms with Gasteiger partial charge in [-0.1, -0.05) is 18.2 Å². The van der Waals surface area contributed by atoms with Gasteiger partial charge in [0, 0.05) is 11.3 Å². The molecule has 28 heavy (non-hydrogen) atoms. The normalized spacial score (nSPS) is 25.8. The monoisotopic (exact) mass is 409 g/mol. The number of nitrogens with one attached hydrogen (secondary N) is 1. The molecule has 7 nitrogen and oxygen atoms in total. The average molecular weight is 410 g/mol. The number of hydrogen-bond acceptors (Lipinski definition) is 5. The number of hydrogen-bond donors (Lipinski definition) is 2. The minimum Gasteiger partial charge on any atom is -0.444 e. The summed E-state index contributed by atoms with van der Waals surface area (Å²) < 4.78 is 4.49. The Labute approximate surface area is 170 Å². The largest absolute Gasteiger partial charge is 0.521 e. The lowest BCUT2D eigenvalue weighted by Gasteiger charge is -2.32. The third-order valence-electron chi connectivity index (χ3n) is 4.73. The molecule has 1 aliphatic heterocycles. The van der Waals surface area contributed by atoms with Gasteiger partial charge in [-0.2, -0.15) is 9.28 Å². The second-order valence-electron chi connectivity index (χ2n) is 8.18. The topological polar surface area (TPSA) is 92.7 Å².